The topological polar surface area (TPSA) is 72.2 Å². The molecule has 0 saturated heterocycles. The highest BCUT2D eigenvalue weighted by molar-refractivity contribution is 8.00. The van der Waals surface area contributed by atoms with Gasteiger partial charge >= 0.3 is 0 Å². The smallest absolute Gasteiger partial charge is 0.250 e. The third-order valence-electron chi connectivity index (χ3n) is 2.88. The normalized spacial score (nSPS) is 11.7. The van der Waals surface area contributed by atoms with Gasteiger partial charge in [-0.3, -0.25) is 9.59 Å². The molecule has 5 heteroatoms. The lowest BCUT2D eigenvalue weighted by molar-refractivity contribution is -0.115. The molecule has 0 bridgehead atoms. The van der Waals surface area contributed by atoms with Crippen LogP contribution in [0.2, 0.25) is 0 Å². The quantitative estimate of drug-likeness (QED) is 0.834. The van der Waals surface area contributed by atoms with E-state index in [0.29, 0.717) is 11.3 Å². The van der Waals surface area contributed by atoms with Crippen molar-refractivity contribution in [3.63, 3.8) is 0 Å². The number of benzene rings is 2. The van der Waals surface area contributed by atoms with Gasteiger partial charge in [-0.25, -0.2) is 0 Å². The molecule has 0 saturated carbocycles. The minimum Gasteiger partial charge on any atom is -0.366 e. The number of para-hydroxylation sites is 1. The van der Waals surface area contributed by atoms with Crippen molar-refractivity contribution < 1.29 is 9.59 Å². The van der Waals surface area contributed by atoms with E-state index in [1.54, 1.807) is 24.3 Å². The second-order valence-electron chi connectivity index (χ2n) is 4.47. The molecular formula is C16H16N2O2S. The van der Waals surface area contributed by atoms with Crippen LogP contribution in [0.15, 0.2) is 59.5 Å². The highest BCUT2D eigenvalue weighted by atomic mass is 32.2. The van der Waals surface area contributed by atoms with E-state index in [4.69, 9.17) is 5.73 Å². The van der Waals surface area contributed by atoms with Gasteiger partial charge in [-0.05, 0) is 31.2 Å². The molecular weight excluding hydrogens is 284 g/mol. The van der Waals surface area contributed by atoms with Gasteiger partial charge in [-0.1, -0.05) is 30.3 Å². The van der Waals surface area contributed by atoms with E-state index in [0.717, 1.165) is 4.90 Å². The monoisotopic (exact) mass is 300 g/mol. The molecule has 2 amide bonds. The molecule has 0 unspecified atom stereocenters. The number of primary amides is 1. The molecule has 2 aromatic rings. The second-order valence-corrected chi connectivity index (χ2v) is 5.89. The molecule has 0 fully saturated rings. The van der Waals surface area contributed by atoms with Gasteiger partial charge in [0.2, 0.25) is 5.91 Å². The van der Waals surface area contributed by atoms with E-state index in [1.807, 2.05) is 37.3 Å². The fourth-order valence-electron chi connectivity index (χ4n) is 1.80. The summed E-state index contributed by atoms with van der Waals surface area (Å²) in [6.07, 6.45) is 0. The lowest BCUT2D eigenvalue weighted by Crippen LogP contribution is -2.24. The van der Waals surface area contributed by atoms with Crippen molar-refractivity contribution in [2.24, 2.45) is 5.73 Å². The Bertz CT molecular complexity index is 644. The van der Waals surface area contributed by atoms with Crippen molar-refractivity contribution in [2.75, 3.05) is 5.32 Å². The Balaban J connectivity index is 2.06. The van der Waals surface area contributed by atoms with Crippen LogP contribution in [-0.4, -0.2) is 17.1 Å². The van der Waals surface area contributed by atoms with Crippen LogP contribution < -0.4 is 11.1 Å². The van der Waals surface area contributed by atoms with E-state index < -0.39 is 5.91 Å². The van der Waals surface area contributed by atoms with Crippen LogP contribution in [0, 0.1) is 0 Å². The van der Waals surface area contributed by atoms with Crippen LogP contribution in [0.3, 0.4) is 0 Å². The third kappa shape index (κ3) is 4.10. The first-order valence-corrected chi connectivity index (χ1v) is 7.37. The summed E-state index contributed by atoms with van der Waals surface area (Å²) in [4.78, 5) is 24.6. The second kappa shape index (κ2) is 6.95. The maximum atomic E-state index is 12.2. The van der Waals surface area contributed by atoms with Gasteiger partial charge in [0.25, 0.3) is 5.91 Å². The van der Waals surface area contributed by atoms with Crippen molar-refractivity contribution in [3.05, 3.63) is 60.2 Å². The third-order valence-corrected chi connectivity index (χ3v) is 3.99. The fourth-order valence-corrected chi connectivity index (χ4v) is 2.69. The summed E-state index contributed by atoms with van der Waals surface area (Å²) in [6.45, 7) is 1.82. The number of anilines is 1. The molecule has 2 rings (SSSR count). The number of rotatable bonds is 5. The van der Waals surface area contributed by atoms with Crippen LogP contribution in [0.1, 0.15) is 17.3 Å². The Morgan fingerprint density at radius 3 is 2.33 bits per heavy atom. The number of amides is 2. The molecule has 4 nitrogen and oxygen atoms in total. The van der Waals surface area contributed by atoms with Gasteiger partial charge < -0.3 is 11.1 Å². The largest absolute Gasteiger partial charge is 0.366 e. The molecule has 2 aromatic carbocycles. The molecule has 108 valence electrons. The number of nitrogens with two attached hydrogens (primary N) is 1. The zero-order chi connectivity index (χ0) is 15.2. The van der Waals surface area contributed by atoms with E-state index in [9.17, 15) is 9.59 Å². The average molecular weight is 300 g/mol. The van der Waals surface area contributed by atoms with Gasteiger partial charge in [-0.2, -0.15) is 0 Å². The molecule has 0 radical (unpaired) electrons. The van der Waals surface area contributed by atoms with Crippen LogP contribution in [0.4, 0.5) is 5.69 Å². The predicted molar refractivity (Wildman–Crippen MR) is 85.4 cm³/mol. The first-order chi connectivity index (χ1) is 10.1. The van der Waals surface area contributed by atoms with Crippen LogP contribution >= 0.6 is 11.8 Å². The Morgan fingerprint density at radius 1 is 1.05 bits per heavy atom. The molecule has 0 aromatic heterocycles. The average Bonchev–Trinajstić information content (AvgIpc) is 2.48. The minimum absolute atomic E-state index is 0.169. The highest BCUT2D eigenvalue weighted by Crippen LogP contribution is 2.24. The van der Waals surface area contributed by atoms with Gasteiger partial charge in [0.1, 0.15) is 0 Å². The highest BCUT2D eigenvalue weighted by Gasteiger charge is 2.16. The van der Waals surface area contributed by atoms with Crippen molar-refractivity contribution in [1.29, 1.82) is 0 Å². The molecule has 0 heterocycles. The summed E-state index contributed by atoms with van der Waals surface area (Å²) in [6, 6.07) is 16.4. The summed E-state index contributed by atoms with van der Waals surface area (Å²) in [5.74, 6) is -0.730. The van der Waals surface area contributed by atoms with Crippen molar-refractivity contribution in [1.82, 2.24) is 0 Å². The summed E-state index contributed by atoms with van der Waals surface area (Å²) in [5.41, 5.74) is 6.04. The Hall–Kier alpha value is -2.27. The predicted octanol–water partition coefficient (Wildman–Crippen LogP) is 2.90. The maximum absolute atomic E-state index is 12.2. The summed E-state index contributed by atoms with van der Waals surface area (Å²) in [5, 5.41) is 2.47. The van der Waals surface area contributed by atoms with Crippen LogP contribution in [0.25, 0.3) is 0 Å². The number of thioether (sulfide) groups is 1. The summed E-state index contributed by atoms with van der Waals surface area (Å²) < 4.78 is 0. The Kier molecular flexibility index (Phi) is 5.00. The fraction of sp³-hybridized carbons (Fsp3) is 0.125. The van der Waals surface area contributed by atoms with Gasteiger partial charge in [0, 0.05) is 4.90 Å². The van der Waals surface area contributed by atoms with Crippen molar-refractivity contribution in [3.8, 4) is 0 Å². The van der Waals surface area contributed by atoms with Gasteiger partial charge in [0.15, 0.2) is 0 Å². The molecule has 3 N–H and O–H groups in total. The molecule has 0 aliphatic rings. The molecule has 21 heavy (non-hydrogen) atoms. The maximum Gasteiger partial charge on any atom is 0.250 e. The first-order valence-electron chi connectivity index (χ1n) is 6.49. The van der Waals surface area contributed by atoms with E-state index in [-0.39, 0.29) is 11.2 Å². The van der Waals surface area contributed by atoms with Crippen molar-refractivity contribution >= 4 is 29.3 Å². The minimum atomic E-state index is -0.561. The molecule has 0 spiro atoms. The number of hydrogen-bond acceptors (Lipinski definition) is 3. The van der Waals surface area contributed by atoms with Crippen LogP contribution in [-0.2, 0) is 4.79 Å². The van der Waals surface area contributed by atoms with E-state index >= 15 is 0 Å². The standard InChI is InChI=1S/C16H16N2O2S/c1-11(21-12-7-3-2-4-8-12)16(20)18-14-10-6-5-9-13(14)15(17)19/h2-11H,1H3,(H2,17,19)(H,18,20)/t11-/m0/s1. The lowest BCUT2D eigenvalue weighted by atomic mass is 10.1. The summed E-state index contributed by atoms with van der Waals surface area (Å²) in [7, 11) is 0. The van der Waals surface area contributed by atoms with Crippen molar-refractivity contribution in [2.45, 2.75) is 17.1 Å². The zero-order valence-electron chi connectivity index (χ0n) is 11.6. The SMILES string of the molecule is C[C@H](Sc1ccccc1)C(=O)Nc1ccccc1C(N)=O. The van der Waals surface area contributed by atoms with E-state index in [1.165, 1.54) is 11.8 Å². The molecule has 0 aliphatic carbocycles. The number of carbonyl (C=O) groups excluding carboxylic acids is 2. The number of hydrogen-bond donors (Lipinski definition) is 2. The number of nitrogens with one attached hydrogen (secondary N) is 1. The molecule has 0 aliphatic heterocycles. The van der Waals surface area contributed by atoms with Gasteiger partial charge in [0.05, 0.1) is 16.5 Å². The van der Waals surface area contributed by atoms with E-state index in [2.05, 4.69) is 5.32 Å². The molecule has 1 atom stereocenters. The Labute approximate surface area is 127 Å². The van der Waals surface area contributed by atoms with Gasteiger partial charge in [-0.15, -0.1) is 11.8 Å². The zero-order valence-corrected chi connectivity index (χ0v) is 12.4. The first kappa shape index (κ1) is 15.1. The van der Waals surface area contributed by atoms with Crippen LogP contribution in [0.5, 0.6) is 0 Å². The lowest BCUT2D eigenvalue weighted by Gasteiger charge is -2.13. The summed E-state index contributed by atoms with van der Waals surface area (Å²) >= 11 is 1.46. The Morgan fingerprint density at radius 2 is 1.67 bits per heavy atom. The number of carbonyl (C=O) groups is 2.